The van der Waals surface area contributed by atoms with Crippen LogP contribution in [0, 0.1) is 0 Å². The molecule has 1 N–H and O–H groups in total. The van der Waals surface area contributed by atoms with E-state index in [0.29, 0.717) is 5.17 Å². The third kappa shape index (κ3) is 3.68. The van der Waals surface area contributed by atoms with Crippen LogP contribution in [0.5, 0.6) is 0 Å². The maximum absolute atomic E-state index is 11.8. The van der Waals surface area contributed by atoms with Crippen molar-refractivity contribution in [3.63, 3.8) is 0 Å². The van der Waals surface area contributed by atoms with E-state index in [4.69, 9.17) is 0 Å². The largest absolute Gasteiger partial charge is 0.304 e. The van der Waals surface area contributed by atoms with E-state index in [1.165, 1.54) is 42.0 Å². The fraction of sp³-hybridized carbons (Fsp3) is 0.200. The molecular weight excluding hydrogens is 412 g/mol. The summed E-state index contributed by atoms with van der Waals surface area (Å²) in [6, 6.07) is 7.88. The van der Waals surface area contributed by atoms with Gasteiger partial charge in [0.15, 0.2) is 10.5 Å². The molecule has 2 aromatic rings. The summed E-state index contributed by atoms with van der Waals surface area (Å²) in [5.41, 5.74) is 1.75. The first kappa shape index (κ1) is 17.1. The average molecular weight is 425 g/mol. The fourth-order valence-corrected chi connectivity index (χ4v) is 4.36. The molecule has 0 saturated carbocycles. The Morgan fingerprint density at radius 1 is 1.25 bits per heavy atom. The van der Waals surface area contributed by atoms with Gasteiger partial charge in [-0.3, -0.25) is 9.59 Å². The number of benzene rings is 1. The zero-order valence-corrected chi connectivity index (χ0v) is 16.0. The Balaban J connectivity index is 1.85. The highest BCUT2D eigenvalue weighted by atomic mass is 79.9. The smallest absolute Gasteiger partial charge is 0.241 e. The van der Waals surface area contributed by atoms with Crippen LogP contribution in [0.15, 0.2) is 39.2 Å². The maximum Gasteiger partial charge on any atom is 0.241 e. The molecule has 2 amide bonds. The zero-order valence-electron chi connectivity index (χ0n) is 12.8. The molecule has 0 radical (unpaired) electrons. The number of halogens is 1. The summed E-state index contributed by atoms with van der Waals surface area (Å²) in [6.07, 6.45) is 0. The van der Waals surface area contributed by atoms with Gasteiger partial charge in [-0.05, 0) is 12.1 Å². The molecule has 6 nitrogen and oxygen atoms in total. The first-order valence-electron chi connectivity index (χ1n) is 6.98. The minimum absolute atomic E-state index is 0.203. The molecule has 0 aliphatic carbocycles. The Bertz CT molecular complexity index is 819. The van der Waals surface area contributed by atoms with E-state index >= 15 is 0 Å². The quantitative estimate of drug-likeness (QED) is 0.799. The first-order valence-corrected chi connectivity index (χ1v) is 9.53. The maximum atomic E-state index is 11.8. The SMILES string of the molecule is CC(=O)NC1=NN(C(C)=O)C(c2csc(-c3ccc(Br)cc3)n2)S1. The molecule has 1 aromatic carbocycles. The van der Waals surface area contributed by atoms with Crippen molar-refractivity contribution >= 4 is 56.0 Å². The Hall–Kier alpha value is -1.71. The molecule has 1 atom stereocenters. The lowest BCUT2D eigenvalue weighted by Crippen LogP contribution is -2.25. The Labute approximate surface area is 155 Å². The highest BCUT2D eigenvalue weighted by Crippen LogP contribution is 2.40. The van der Waals surface area contributed by atoms with Crippen LogP contribution < -0.4 is 5.32 Å². The molecule has 1 aliphatic rings. The predicted molar refractivity (Wildman–Crippen MR) is 99.4 cm³/mol. The van der Waals surface area contributed by atoms with Crippen LogP contribution in [0.1, 0.15) is 24.9 Å². The summed E-state index contributed by atoms with van der Waals surface area (Å²) in [5.74, 6) is -0.426. The van der Waals surface area contributed by atoms with Crippen molar-refractivity contribution in [3.8, 4) is 10.6 Å². The van der Waals surface area contributed by atoms with Gasteiger partial charge in [-0.25, -0.2) is 9.99 Å². The van der Waals surface area contributed by atoms with Crippen molar-refractivity contribution in [2.45, 2.75) is 19.2 Å². The number of hydrogen-bond acceptors (Lipinski definition) is 6. The Morgan fingerprint density at radius 3 is 2.58 bits per heavy atom. The van der Waals surface area contributed by atoms with Gasteiger partial charge in [0.1, 0.15) is 5.01 Å². The van der Waals surface area contributed by atoms with Crippen molar-refractivity contribution in [1.29, 1.82) is 0 Å². The van der Waals surface area contributed by atoms with E-state index in [2.05, 4.69) is 31.3 Å². The van der Waals surface area contributed by atoms with Gasteiger partial charge in [-0.1, -0.05) is 39.8 Å². The molecule has 124 valence electrons. The molecule has 0 spiro atoms. The van der Waals surface area contributed by atoms with Gasteiger partial charge in [0.25, 0.3) is 0 Å². The molecule has 1 aromatic heterocycles. The average Bonchev–Trinajstić information content (AvgIpc) is 3.14. The topological polar surface area (TPSA) is 74.7 Å². The fourth-order valence-electron chi connectivity index (χ4n) is 2.08. The molecule has 3 rings (SSSR count). The molecule has 9 heteroatoms. The third-order valence-electron chi connectivity index (χ3n) is 3.12. The van der Waals surface area contributed by atoms with Gasteiger partial charge in [-0.2, -0.15) is 0 Å². The summed E-state index contributed by atoms with van der Waals surface area (Å²) in [5, 5.41) is 11.0. The lowest BCUT2D eigenvalue weighted by Gasteiger charge is -2.16. The van der Waals surface area contributed by atoms with Crippen LogP contribution in [-0.2, 0) is 9.59 Å². The lowest BCUT2D eigenvalue weighted by molar-refractivity contribution is -0.129. The number of nitrogens with zero attached hydrogens (tertiary/aromatic N) is 3. The summed E-state index contributed by atoms with van der Waals surface area (Å²) in [7, 11) is 0. The number of thioether (sulfide) groups is 1. The van der Waals surface area contributed by atoms with Gasteiger partial charge in [-0.15, -0.1) is 16.4 Å². The van der Waals surface area contributed by atoms with Crippen LogP contribution in [0.4, 0.5) is 0 Å². The number of hydrogen-bond donors (Lipinski definition) is 1. The number of rotatable bonds is 2. The summed E-state index contributed by atoms with van der Waals surface area (Å²) in [4.78, 5) is 27.7. The number of carbonyl (C=O) groups is 2. The van der Waals surface area contributed by atoms with E-state index < -0.39 is 0 Å². The number of nitrogens with one attached hydrogen (secondary N) is 1. The Morgan fingerprint density at radius 2 is 1.96 bits per heavy atom. The van der Waals surface area contributed by atoms with Crippen molar-refractivity contribution < 1.29 is 9.59 Å². The van der Waals surface area contributed by atoms with Gasteiger partial charge in [0.2, 0.25) is 11.8 Å². The van der Waals surface area contributed by atoms with E-state index in [1.54, 1.807) is 0 Å². The van der Waals surface area contributed by atoms with Gasteiger partial charge < -0.3 is 5.32 Å². The molecule has 2 heterocycles. The van der Waals surface area contributed by atoms with E-state index in [-0.39, 0.29) is 17.2 Å². The predicted octanol–water partition coefficient (Wildman–Crippen LogP) is 3.57. The number of aromatic nitrogens is 1. The second-order valence-corrected chi connectivity index (χ2v) is 7.85. The van der Waals surface area contributed by atoms with Crippen LogP contribution in [0.25, 0.3) is 10.6 Å². The third-order valence-corrected chi connectivity index (χ3v) is 5.63. The van der Waals surface area contributed by atoms with Crippen LogP contribution in [0.3, 0.4) is 0 Å². The Kier molecular flexibility index (Phi) is 5.02. The van der Waals surface area contributed by atoms with E-state index in [1.807, 2.05) is 29.6 Å². The van der Waals surface area contributed by atoms with Crippen LogP contribution in [0.2, 0.25) is 0 Å². The normalized spacial score (nSPS) is 16.9. The molecule has 1 aliphatic heterocycles. The zero-order chi connectivity index (χ0) is 17.3. The second kappa shape index (κ2) is 7.04. The minimum atomic E-state index is -0.371. The molecule has 1 unspecified atom stereocenters. The van der Waals surface area contributed by atoms with Crippen LogP contribution >= 0.6 is 39.0 Å². The molecule has 0 fully saturated rings. The number of amides is 2. The molecule has 0 bridgehead atoms. The highest BCUT2D eigenvalue weighted by Gasteiger charge is 2.34. The molecule has 0 saturated heterocycles. The van der Waals surface area contributed by atoms with Gasteiger partial charge >= 0.3 is 0 Å². The number of hydrazone groups is 1. The highest BCUT2D eigenvalue weighted by molar-refractivity contribution is 9.10. The summed E-state index contributed by atoms with van der Waals surface area (Å²) < 4.78 is 1.01. The van der Waals surface area contributed by atoms with Crippen LogP contribution in [-0.4, -0.2) is 27.0 Å². The number of thiazole rings is 1. The van der Waals surface area contributed by atoms with Crippen molar-refractivity contribution in [3.05, 3.63) is 39.8 Å². The van der Waals surface area contributed by atoms with Crippen molar-refractivity contribution in [2.24, 2.45) is 5.10 Å². The van der Waals surface area contributed by atoms with Crippen molar-refractivity contribution in [2.75, 3.05) is 0 Å². The monoisotopic (exact) mass is 424 g/mol. The van der Waals surface area contributed by atoms with Gasteiger partial charge in [0, 0.05) is 29.3 Å². The van der Waals surface area contributed by atoms with E-state index in [9.17, 15) is 9.59 Å². The standard InChI is InChI=1S/C15H13BrN4O2S2/c1-8(21)17-15-19-20(9(2)22)14(24-15)12-7-23-13(18-12)10-3-5-11(16)6-4-10/h3-7,14H,1-2H3,(H,17,19,21). The number of amidine groups is 1. The molecular formula is C15H13BrN4O2S2. The first-order chi connectivity index (χ1) is 11.4. The second-order valence-electron chi connectivity index (χ2n) is 5.00. The summed E-state index contributed by atoms with van der Waals surface area (Å²) in [6.45, 7) is 2.85. The van der Waals surface area contributed by atoms with Crippen molar-refractivity contribution in [1.82, 2.24) is 15.3 Å². The van der Waals surface area contributed by atoms with E-state index in [0.717, 1.165) is 20.7 Å². The molecule has 24 heavy (non-hydrogen) atoms. The lowest BCUT2D eigenvalue weighted by atomic mass is 10.2. The number of carbonyl (C=O) groups excluding carboxylic acids is 2. The minimum Gasteiger partial charge on any atom is -0.304 e. The summed E-state index contributed by atoms with van der Waals surface area (Å²) >= 11 is 6.22. The van der Waals surface area contributed by atoms with Gasteiger partial charge in [0.05, 0.1) is 5.69 Å².